The molecule has 2 aromatic heterocycles. The van der Waals surface area contributed by atoms with Gasteiger partial charge in [-0.25, -0.2) is 0 Å². The molecule has 3 rings (SSSR count). The van der Waals surface area contributed by atoms with Gasteiger partial charge in [0.05, 0.1) is 10.0 Å². The van der Waals surface area contributed by atoms with Crippen LogP contribution in [0.4, 0.5) is 0 Å². The number of para-hydroxylation sites is 1. The Morgan fingerprint density at radius 2 is 2.10 bits per heavy atom. The number of rotatable bonds is 6. The molecule has 1 atom stereocenters. The van der Waals surface area contributed by atoms with E-state index in [1.54, 1.807) is 11.3 Å². The van der Waals surface area contributed by atoms with Crippen LogP contribution >= 0.6 is 27.3 Å². The van der Waals surface area contributed by atoms with Gasteiger partial charge in [0.2, 0.25) is 0 Å². The molecule has 0 saturated heterocycles. The minimum Gasteiger partial charge on any atom is -0.464 e. The molecule has 0 saturated carbocycles. The molecule has 3 aromatic rings. The first kappa shape index (κ1) is 14.8. The predicted octanol–water partition coefficient (Wildman–Crippen LogP) is 5.54. The molecular weight excluding hydrogens is 346 g/mol. The molecule has 2 heterocycles. The molecule has 110 valence electrons. The topological polar surface area (TPSA) is 25.2 Å². The van der Waals surface area contributed by atoms with Gasteiger partial charge < -0.3 is 9.73 Å². The van der Waals surface area contributed by atoms with Crippen LogP contribution in [-0.4, -0.2) is 6.54 Å². The largest absolute Gasteiger partial charge is 0.464 e. The zero-order valence-corrected chi connectivity index (χ0v) is 14.3. The molecule has 1 aromatic carbocycles. The highest BCUT2D eigenvalue weighted by Crippen LogP contribution is 2.31. The van der Waals surface area contributed by atoms with Crippen molar-refractivity contribution in [3.05, 3.63) is 56.9 Å². The van der Waals surface area contributed by atoms with E-state index in [1.165, 1.54) is 19.6 Å². The molecule has 0 spiro atoms. The predicted molar refractivity (Wildman–Crippen MR) is 93.0 cm³/mol. The molecule has 0 amide bonds. The van der Waals surface area contributed by atoms with Crippen LogP contribution < -0.4 is 5.32 Å². The van der Waals surface area contributed by atoms with Gasteiger partial charge in [0.1, 0.15) is 5.58 Å². The maximum atomic E-state index is 5.71. The van der Waals surface area contributed by atoms with Crippen molar-refractivity contribution in [1.82, 2.24) is 5.32 Å². The van der Waals surface area contributed by atoms with Crippen LogP contribution in [-0.2, 0) is 6.42 Å². The van der Waals surface area contributed by atoms with Crippen molar-refractivity contribution in [3.8, 4) is 0 Å². The van der Waals surface area contributed by atoms with E-state index in [0.29, 0.717) is 6.04 Å². The lowest BCUT2D eigenvalue weighted by Crippen LogP contribution is -2.23. The van der Waals surface area contributed by atoms with Crippen LogP contribution in [0.5, 0.6) is 0 Å². The molecule has 0 aliphatic carbocycles. The fourth-order valence-electron chi connectivity index (χ4n) is 2.54. The summed E-state index contributed by atoms with van der Waals surface area (Å²) in [6.07, 6.45) is 4.01. The fourth-order valence-corrected chi connectivity index (χ4v) is 4.07. The molecule has 1 N–H and O–H groups in total. The van der Waals surface area contributed by atoms with Crippen LogP contribution in [0.1, 0.15) is 29.8 Å². The number of halogens is 1. The van der Waals surface area contributed by atoms with Crippen molar-refractivity contribution in [2.45, 2.75) is 25.8 Å². The van der Waals surface area contributed by atoms with E-state index in [9.17, 15) is 0 Å². The zero-order chi connectivity index (χ0) is 14.7. The molecule has 0 bridgehead atoms. The number of hydrogen-bond donors (Lipinski definition) is 1. The zero-order valence-electron chi connectivity index (χ0n) is 11.9. The van der Waals surface area contributed by atoms with E-state index in [1.807, 2.05) is 18.4 Å². The third-order valence-electron chi connectivity index (χ3n) is 3.56. The summed E-state index contributed by atoms with van der Waals surface area (Å²) in [4.78, 5) is 1.38. The Bertz CT molecular complexity index is 718. The van der Waals surface area contributed by atoms with E-state index in [2.05, 4.69) is 52.4 Å². The smallest absolute Gasteiger partial charge is 0.134 e. The van der Waals surface area contributed by atoms with E-state index < -0.39 is 0 Å². The lowest BCUT2D eigenvalue weighted by Gasteiger charge is -2.17. The van der Waals surface area contributed by atoms with Gasteiger partial charge in [-0.15, -0.1) is 11.3 Å². The third-order valence-corrected chi connectivity index (χ3v) is 5.21. The van der Waals surface area contributed by atoms with Crippen LogP contribution in [0.15, 0.2) is 50.9 Å². The summed E-state index contributed by atoms with van der Waals surface area (Å²) >= 11 is 5.34. The number of thiophene rings is 1. The third kappa shape index (κ3) is 3.39. The second-order valence-electron chi connectivity index (χ2n) is 5.10. The Kier molecular flexibility index (Phi) is 4.78. The first-order chi connectivity index (χ1) is 10.3. The average Bonchev–Trinajstić information content (AvgIpc) is 3.09. The monoisotopic (exact) mass is 363 g/mol. The minimum atomic E-state index is 0.291. The summed E-state index contributed by atoms with van der Waals surface area (Å²) in [7, 11) is 0. The molecule has 21 heavy (non-hydrogen) atoms. The molecular formula is C17H18BrNOS. The van der Waals surface area contributed by atoms with Gasteiger partial charge in [0.15, 0.2) is 0 Å². The SMILES string of the molecule is CCCNC(Cc1ccc(Br)s1)c1coc2ccccc12. The molecule has 0 aliphatic heterocycles. The number of benzene rings is 1. The first-order valence-corrected chi connectivity index (χ1v) is 8.82. The van der Waals surface area contributed by atoms with E-state index in [4.69, 9.17) is 4.42 Å². The summed E-state index contributed by atoms with van der Waals surface area (Å²) in [6.45, 7) is 3.20. The molecule has 0 aliphatic rings. The maximum absolute atomic E-state index is 5.71. The van der Waals surface area contributed by atoms with Crippen molar-refractivity contribution in [3.63, 3.8) is 0 Å². The van der Waals surface area contributed by atoms with Crippen molar-refractivity contribution < 1.29 is 4.42 Å². The highest BCUT2D eigenvalue weighted by Gasteiger charge is 2.17. The maximum Gasteiger partial charge on any atom is 0.134 e. The second-order valence-corrected chi connectivity index (χ2v) is 7.65. The second kappa shape index (κ2) is 6.77. The van der Waals surface area contributed by atoms with Gasteiger partial charge in [0.25, 0.3) is 0 Å². The van der Waals surface area contributed by atoms with Crippen molar-refractivity contribution >= 4 is 38.2 Å². The fraction of sp³-hybridized carbons (Fsp3) is 0.294. The van der Waals surface area contributed by atoms with Gasteiger partial charge in [-0.05, 0) is 47.1 Å². The van der Waals surface area contributed by atoms with E-state index in [0.717, 1.165) is 25.0 Å². The van der Waals surface area contributed by atoms with Crippen LogP contribution in [0.3, 0.4) is 0 Å². The molecule has 1 unspecified atom stereocenters. The molecule has 0 fully saturated rings. The number of fused-ring (bicyclic) bond motifs is 1. The Labute approximate surface area is 137 Å². The average molecular weight is 364 g/mol. The summed E-state index contributed by atoms with van der Waals surface area (Å²) in [5.41, 5.74) is 2.21. The highest BCUT2D eigenvalue weighted by atomic mass is 79.9. The van der Waals surface area contributed by atoms with Crippen LogP contribution in [0.2, 0.25) is 0 Å². The van der Waals surface area contributed by atoms with Crippen LogP contribution in [0.25, 0.3) is 11.0 Å². The van der Waals surface area contributed by atoms with Crippen molar-refractivity contribution in [2.24, 2.45) is 0 Å². The van der Waals surface area contributed by atoms with Gasteiger partial charge >= 0.3 is 0 Å². The van der Waals surface area contributed by atoms with Gasteiger partial charge in [0, 0.05) is 28.3 Å². The summed E-state index contributed by atoms with van der Waals surface area (Å²) < 4.78 is 6.89. The van der Waals surface area contributed by atoms with Gasteiger partial charge in [-0.2, -0.15) is 0 Å². The Morgan fingerprint density at radius 3 is 2.86 bits per heavy atom. The van der Waals surface area contributed by atoms with E-state index >= 15 is 0 Å². The van der Waals surface area contributed by atoms with E-state index in [-0.39, 0.29) is 0 Å². The number of hydrogen-bond acceptors (Lipinski definition) is 3. The summed E-state index contributed by atoms with van der Waals surface area (Å²) in [6, 6.07) is 12.8. The Morgan fingerprint density at radius 1 is 1.24 bits per heavy atom. The standard InChI is InChI=1S/C17H18BrNOS/c1-2-9-19-15(10-12-7-8-17(18)21-12)14-11-20-16-6-4-3-5-13(14)16/h3-8,11,15,19H,2,9-10H2,1H3. The van der Waals surface area contributed by atoms with Crippen molar-refractivity contribution in [2.75, 3.05) is 6.54 Å². The minimum absolute atomic E-state index is 0.291. The quantitative estimate of drug-likeness (QED) is 0.621. The first-order valence-electron chi connectivity index (χ1n) is 7.21. The van der Waals surface area contributed by atoms with Gasteiger partial charge in [-0.3, -0.25) is 0 Å². The molecule has 0 radical (unpaired) electrons. The number of furan rings is 1. The molecule has 2 nitrogen and oxygen atoms in total. The van der Waals surface area contributed by atoms with Crippen molar-refractivity contribution in [1.29, 1.82) is 0 Å². The summed E-state index contributed by atoms with van der Waals surface area (Å²) in [5.74, 6) is 0. The lowest BCUT2D eigenvalue weighted by atomic mass is 10.0. The van der Waals surface area contributed by atoms with Crippen LogP contribution in [0, 0.1) is 0 Å². The Hall–Kier alpha value is -1.10. The van der Waals surface area contributed by atoms with Gasteiger partial charge in [-0.1, -0.05) is 25.1 Å². The highest BCUT2D eigenvalue weighted by molar-refractivity contribution is 9.11. The lowest BCUT2D eigenvalue weighted by molar-refractivity contribution is 0.522. The Balaban J connectivity index is 1.91. The normalized spacial score (nSPS) is 12.9. The number of nitrogens with one attached hydrogen (secondary N) is 1. The molecule has 4 heteroatoms. The summed E-state index contributed by atoms with van der Waals surface area (Å²) in [5, 5.41) is 4.86.